The summed E-state index contributed by atoms with van der Waals surface area (Å²) < 4.78 is 29.2. The standard InChI is InChI=1S/C28H31N3O4S/c1-18(15-28(2,3)36(29)32)20-9-11-24-25(13-20)35-27(31-24)21-10-12-26(30-16-21)34-23-6-4-5-22(14-23)33-17-19-7-8-19/h4-6,9-14,16,18-19H,7-8,15,17,29H2,1-3H3/t18-,36-/m0/s1. The fourth-order valence-corrected chi connectivity index (χ4v) is 4.54. The van der Waals surface area contributed by atoms with Crippen LogP contribution in [-0.2, 0) is 11.0 Å². The van der Waals surface area contributed by atoms with Crippen LogP contribution in [0.25, 0.3) is 22.6 Å². The molecule has 1 fully saturated rings. The third-order valence-corrected chi connectivity index (χ3v) is 7.77. The molecule has 36 heavy (non-hydrogen) atoms. The van der Waals surface area contributed by atoms with Crippen molar-refractivity contribution in [3.8, 4) is 28.8 Å². The van der Waals surface area contributed by atoms with E-state index in [-0.39, 0.29) is 5.92 Å². The quantitative estimate of drug-likeness (QED) is 0.269. The third-order valence-electron chi connectivity index (χ3n) is 6.52. The van der Waals surface area contributed by atoms with E-state index in [4.69, 9.17) is 19.0 Å². The molecule has 0 radical (unpaired) electrons. The predicted octanol–water partition coefficient (Wildman–Crippen LogP) is 6.37. The third kappa shape index (κ3) is 5.77. The number of fused-ring (bicyclic) bond motifs is 1. The zero-order chi connectivity index (χ0) is 25.3. The van der Waals surface area contributed by atoms with E-state index >= 15 is 0 Å². The summed E-state index contributed by atoms with van der Waals surface area (Å²) in [6.45, 7) is 6.70. The first-order valence-corrected chi connectivity index (χ1v) is 13.4. The largest absolute Gasteiger partial charge is 0.493 e. The van der Waals surface area contributed by atoms with Crippen LogP contribution in [-0.4, -0.2) is 25.5 Å². The summed E-state index contributed by atoms with van der Waals surface area (Å²) in [6.07, 6.45) is 4.89. The van der Waals surface area contributed by atoms with Crippen LogP contribution in [0.5, 0.6) is 17.4 Å². The van der Waals surface area contributed by atoms with E-state index in [9.17, 15) is 4.21 Å². The zero-order valence-corrected chi connectivity index (χ0v) is 21.6. The first kappa shape index (κ1) is 24.5. The van der Waals surface area contributed by atoms with Crippen LogP contribution < -0.4 is 14.6 Å². The minimum absolute atomic E-state index is 0.168. The molecule has 0 aliphatic heterocycles. The van der Waals surface area contributed by atoms with Crippen LogP contribution in [0, 0.1) is 5.92 Å². The van der Waals surface area contributed by atoms with Gasteiger partial charge in [-0.25, -0.2) is 14.2 Å². The average Bonchev–Trinajstić information content (AvgIpc) is 3.59. The molecule has 8 heteroatoms. The van der Waals surface area contributed by atoms with E-state index in [0.717, 1.165) is 29.0 Å². The highest BCUT2D eigenvalue weighted by Crippen LogP contribution is 2.33. The van der Waals surface area contributed by atoms with Crippen LogP contribution in [0.1, 0.15) is 51.5 Å². The van der Waals surface area contributed by atoms with Gasteiger partial charge in [-0.15, -0.1) is 0 Å². The van der Waals surface area contributed by atoms with Gasteiger partial charge >= 0.3 is 0 Å². The maximum atomic E-state index is 11.8. The number of rotatable bonds is 10. The average molecular weight is 506 g/mol. The lowest BCUT2D eigenvalue weighted by Gasteiger charge is -2.25. The Morgan fingerprint density at radius 1 is 1.14 bits per heavy atom. The Labute approximate surface area is 213 Å². The van der Waals surface area contributed by atoms with E-state index in [0.29, 0.717) is 35.4 Å². The maximum absolute atomic E-state index is 11.8. The fraction of sp³-hybridized carbons (Fsp3) is 0.357. The summed E-state index contributed by atoms with van der Waals surface area (Å²) in [5.74, 6) is 3.31. The molecule has 7 nitrogen and oxygen atoms in total. The Kier molecular flexibility index (Phi) is 6.81. The lowest BCUT2D eigenvalue weighted by Crippen LogP contribution is -2.33. The first-order valence-electron chi connectivity index (χ1n) is 12.2. The van der Waals surface area contributed by atoms with Crippen LogP contribution in [0.3, 0.4) is 0 Å². The van der Waals surface area contributed by atoms with Gasteiger partial charge in [0.25, 0.3) is 0 Å². The number of pyridine rings is 1. The molecule has 1 saturated carbocycles. The molecule has 2 heterocycles. The Bertz CT molecular complexity index is 1380. The van der Waals surface area contributed by atoms with Gasteiger partial charge in [0, 0.05) is 18.3 Å². The van der Waals surface area contributed by atoms with Gasteiger partial charge in [-0.05, 0) is 80.8 Å². The van der Waals surface area contributed by atoms with Crippen LogP contribution in [0.2, 0.25) is 0 Å². The number of hydrogen-bond acceptors (Lipinski definition) is 6. The highest BCUT2D eigenvalue weighted by molar-refractivity contribution is 7.84. The minimum Gasteiger partial charge on any atom is -0.493 e. The smallest absolute Gasteiger partial charge is 0.228 e. The molecule has 1 aliphatic carbocycles. The molecule has 5 rings (SSSR count). The predicted molar refractivity (Wildman–Crippen MR) is 141 cm³/mol. The highest BCUT2D eigenvalue weighted by Gasteiger charge is 2.27. The normalized spacial score (nSPS) is 15.6. The van der Waals surface area contributed by atoms with Crippen LogP contribution in [0.4, 0.5) is 0 Å². The van der Waals surface area contributed by atoms with E-state index in [1.807, 2.05) is 62.4 Å². The number of oxazole rings is 1. The molecule has 2 N–H and O–H groups in total. The van der Waals surface area contributed by atoms with E-state index in [1.165, 1.54) is 12.8 Å². The van der Waals surface area contributed by atoms with Gasteiger partial charge in [-0.1, -0.05) is 19.1 Å². The number of hydrogen-bond donors (Lipinski definition) is 1. The summed E-state index contributed by atoms with van der Waals surface area (Å²) >= 11 is 0. The molecule has 1 aliphatic rings. The highest BCUT2D eigenvalue weighted by atomic mass is 32.2. The monoisotopic (exact) mass is 505 g/mol. The molecule has 188 valence electrons. The molecule has 0 amide bonds. The first-order chi connectivity index (χ1) is 17.3. The Balaban J connectivity index is 1.27. The SMILES string of the molecule is C[C@@H](CC(C)(C)[S@@](N)=O)c1ccc2nc(-c3ccc(Oc4cccc(OCC5CC5)c4)nc3)oc2c1. The molecular formula is C28H31N3O4S. The van der Waals surface area contributed by atoms with Crippen molar-refractivity contribution in [1.29, 1.82) is 0 Å². The zero-order valence-electron chi connectivity index (χ0n) is 20.8. The van der Waals surface area contributed by atoms with E-state index < -0.39 is 15.7 Å². The Morgan fingerprint density at radius 3 is 2.67 bits per heavy atom. The Hall–Kier alpha value is -3.23. The van der Waals surface area contributed by atoms with Crippen molar-refractivity contribution in [3.63, 3.8) is 0 Å². The maximum Gasteiger partial charge on any atom is 0.228 e. The van der Waals surface area contributed by atoms with Gasteiger partial charge in [0.05, 0.1) is 27.9 Å². The van der Waals surface area contributed by atoms with Crippen molar-refractivity contribution in [2.75, 3.05) is 6.61 Å². The molecule has 0 saturated heterocycles. The van der Waals surface area contributed by atoms with Gasteiger partial charge in [-0.2, -0.15) is 0 Å². The Morgan fingerprint density at radius 2 is 1.94 bits per heavy atom. The lowest BCUT2D eigenvalue weighted by atomic mass is 9.91. The van der Waals surface area contributed by atoms with Crippen molar-refractivity contribution in [2.24, 2.45) is 11.1 Å². The van der Waals surface area contributed by atoms with Crippen molar-refractivity contribution >= 4 is 22.1 Å². The van der Waals surface area contributed by atoms with E-state index in [2.05, 4.69) is 16.9 Å². The molecule has 2 aromatic carbocycles. The van der Waals surface area contributed by atoms with Gasteiger partial charge < -0.3 is 13.9 Å². The summed E-state index contributed by atoms with van der Waals surface area (Å²) in [5.41, 5.74) is 3.32. The molecule has 2 atom stereocenters. The minimum atomic E-state index is -1.39. The van der Waals surface area contributed by atoms with Gasteiger partial charge in [0.1, 0.15) is 17.0 Å². The summed E-state index contributed by atoms with van der Waals surface area (Å²) in [5, 5.41) is 5.66. The van der Waals surface area contributed by atoms with Gasteiger partial charge in [0.15, 0.2) is 5.58 Å². The number of ether oxygens (including phenoxy) is 2. The number of aromatic nitrogens is 2. The van der Waals surface area contributed by atoms with Crippen LogP contribution >= 0.6 is 0 Å². The van der Waals surface area contributed by atoms with Crippen molar-refractivity contribution in [2.45, 2.75) is 50.7 Å². The molecule has 0 unspecified atom stereocenters. The summed E-state index contributed by atoms with van der Waals surface area (Å²) in [6, 6.07) is 17.3. The van der Waals surface area contributed by atoms with Crippen molar-refractivity contribution in [1.82, 2.24) is 9.97 Å². The second-order valence-corrected chi connectivity index (χ2v) is 11.8. The lowest BCUT2D eigenvalue weighted by molar-refractivity contribution is 0.298. The molecule has 0 spiro atoms. The number of nitrogens with two attached hydrogens (primary N) is 1. The second kappa shape index (κ2) is 10.0. The number of nitrogens with zero attached hydrogens (tertiary/aromatic N) is 2. The van der Waals surface area contributed by atoms with Gasteiger partial charge in [-0.3, -0.25) is 5.14 Å². The molecular weight excluding hydrogens is 474 g/mol. The van der Waals surface area contributed by atoms with Crippen molar-refractivity contribution < 1.29 is 18.1 Å². The molecule has 0 bridgehead atoms. The number of benzene rings is 2. The van der Waals surface area contributed by atoms with Crippen LogP contribution in [0.15, 0.2) is 65.2 Å². The fourth-order valence-electron chi connectivity index (χ4n) is 4.12. The summed E-state index contributed by atoms with van der Waals surface area (Å²) in [7, 11) is -1.39. The molecule has 4 aromatic rings. The molecule has 2 aromatic heterocycles. The second-order valence-electron chi connectivity index (χ2n) is 10.1. The van der Waals surface area contributed by atoms with E-state index in [1.54, 1.807) is 12.3 Å². The summed E-state index contributed by atoms with van der Waals surface area (Å²) in [4.78, 5) is 9.05. The van der Waals surface area contributed by atoms with Gasteiger partial charge in [0.2, 0.25) is 11.8 Å². The topological polar surface area (TPSA) is 100 Å². The van der Waals surface area contributed by atoms with Crippen molar-refractivity contribution in [3.05, 3.63) is 66.4 Å².